The Bertz CT molecular complexity index is 1200. The summed E-state index contributed by atoms with van der Waals surface area (Å²) >= 11 is 5.42. The average Bonchev–Trinajstić information content (AvgIpc) is 3.52. The van der Waals surface area contributed by atoms with Crippen molar-refractivity contribution in [1.82, 2.24) is 15.5 Å². The maximum atomic E-state index is 14.4. The third kappa shape index (κ3) is 5.02. The lowest BCUT2D eigenvalue weighted by molar-refractivity contribution is -0.143. The van der Waals surface area contributed by atoms with Crippen LogP contribution in [0, 0.1) is 11.8 Å². The van der Waals surface area contributed by atoms with Gasteiger partial charge in [0.05, 0.1) is 29.2 Å². The third-order valence-corrected chi connectivity index (χ3v) is 11.6. The van der Waals surface area contributed by atoms with Crippen molar-refractivity contribution >= 4 is 45.4 Å². The number of nitrogens with one attached hydrogen (secondary N) is 2. The number of rotatable bonds is 10. The number of fused-ring (bicyclic) bond motifs is 1. The van der Waals surface area contributed by atoms with E-state index in [4.69, 9.17) is 0 Å². The highest BCUT2D eigenvalue weighted by molar-refractivity contribution is 9.09. The lowest BCUT2D eigenvalue weighted by atomic mass is 9.70. The van der Waals surface area contributed by atoms with E-state index in [-0.39, 0.29) is 40.4 Å². The first-order valence-corrected chi connectivity index (χ1v) is 15.5. The SMILES string of the molecule is CCCC(C)NC(=O)C1N([C@H](CO)c2ccccc2)C(=O)[C@@H]2[C@H](C(=O)NCc3ccccc3)[C@H]3SC12CC3Br. The number of carbonyl (C=O) groups is 3. The van der Waals surface area contributed by atoms with Crippen LogP contribution in [0.1, 0.15) is 50.3 Å². The summed E-state index contributed by atoms with van der Waals surface area (Å²) in [5.74, 6) is -1.82. The van der Waals surface area contributed by atoms with Crippen molar-refractivity contribution in [1.29, 1.82) is 0 Å². The van der Waals surface area contributed by atoms with Gasteiger partial charge in [-0.05, 0) is 30.9 Å². The Morgan fingerprint density at radius 3 is 2.44 bits per heavy atom. The molecule has 39 heavy (non-hydrogen) atoms. The zero-order valence-electron chi connectivity index (χ0n) is 22.3. The smallest absolute Gasteiger partial charge is 0.244 e. The van der Waals surface area contributed by atoms with Gasteiger partial charge in [-0.1, -0.05) is 89.9 Å². The van der Waals surface area contributed by atoms with Crippen LogP contribution in [0.3, 0.4) is 0 Å². The van der Waals surface area contributed by atoms with Gasteiger partial charge in [-0.3, -0.25) is 14.4 Å². The molecule has 7 nitrogen and oxygen atoms in total. The van der Waals surface area contributed by atoms with Crippen LogP contribution < -0.4 is 10.6 Å². The molecule has 208 valence electrons. The summed E-state index contributed by atoms with van der Waals surface area (Å²) in [4.78, 5) is 43.8. The van der Waals surface area contributed by atoms with Crippen LogP contribution in [-0.4, -0.2) is 61.2 Å². The number of aliphatic hydroxyl groups excluding tert-OH is 1. The normalized spacial score (nSPS) is 30.6. The van der Waals surface area contributed by atoms with Gasteiger partial charge in [-0.25, -0.2) is 0 Å². The maximum Gasteiger partial charge on any atom is 0.244 e. The molecule has 9 heteroatoms. The van der Waals surface area contributed by atoms with Gasteiger partial charge < -0.3 is 20.6 Å². The number of hydrogen-bond acceptors (Lipinski definition) is 5. The van der Waals surface area contributed by atoms with Gasteiger partial charge in [-0.15, -0.1) is 11.8 Å². The molecular formula is C30H36BrN3O4S. The minimum Gasteiger partial charge on any atom is -0.394 e. The summed E-state index contributed by atoms with van der Waals surface area (Å²) in [5, 5.41) is 16.7. The van der Waals surface area contributed by atoms with Crippen molar-refractivity contribution in [3.05, 3.63) is 71.8 Å². The molecule has 3 N–H and O–H groups in total. The minimum atomic E-state index is -0.798. The van der Waals surface area contributed by atoms with Crippen molar-refractivity contribution in [3.63, 3.8) is 0 Å². The standard InChI is InChI=1S/C30H36BrN3O4S/c1-3-10-18(2)33-28(37)26-30-15-21(31)25(39-30)23(27(36)32-16-19-11-6-4-7-12-19)24(30)29(38)34(26)22(17-35)20-13-8-5-9-14-20/h4-9,11-14,18,21-26,35H,3,10,15-17H2,1-2H3,(H,32,36)(H,33,37)/t18?,21?,22-,23+,24+,25+,26?,30?/m1/s1. The molecule has 5 rings (SSSR count). The molecule has 3 saturated heterocycles. The van der Waals surface area contributed by atoms with Crippen molar-refractivity contribution in [2.45, 2.75) is 72.6 Å². The number of aliphatic hydroxyl groups is 1. The van der Waals surface area contributed by atoms with Crippen LogP contribution >= 0.6 is 27.7 Å². The molecule has 3 fully saturated rings. The Morgan fingerprint density at radius 2 is 1.79 bits per heavy atom. The van der Waals surface area contributed by atoms with E-state index in [0.717, 1.165) is 24.0 Å². The summed E-state index contributed by atoms with van der Waals surface area (Å²) in [6, 6.07) is 17.5. The Balaban J connectivity index is 1.51. The number of alkyl halides is 1. The van der Waals surface area contributed by atoms with Gasteiger partial charge in [0.15, 0.2) is 0 Å². The lowest BCUT2D eigenvalue weighted by Gasteiger charge is -2.38. The molecule has 2 bridgehead atoms. The number of likely N-dealkylation sites (tertiary alicyclic amines) is 1. The molecule has 0 saturated carbocycles. The molecule has 1 spiro atoms. The fourth-order valence-electron chi connectivity index (χ4n) is 6.76. The second kappa shape index (κ2) is 11.6. The third-order valence-electron chi connectivity index (χ3n) is 8.39. The van der Waals surface area contributed by atoms with Gasteiger partial charge in [0.2, 0.25) is 17.7 Å². The van der Waals surface area contributed by atoms with E-state index in [9.17, 15) is 19.5 Å². The number of benzene rings is 2. The highest BCUT2D eigenvalue weighted by atomic mass is 79.9. The second-order valence-electron chi connectivity index (χ2n) is 10.9. The molecule has 3 heterocycles. The predicted molar refractivity (Wildman–Crippen MR) is 156 cm³/mol. The zero-order chi connectivity index (χ0) is 27.7. The lowest BCUT2D eigenvalue weighted by Crippen LogP contribution is -2.56. The number of carbonyl (C=O) groups excluding carboxylic acids is 3. The number of nitrogens with zero attached hydrogens (tertiary/aromatic N) is 1. The Labute approximate surface area is 242 Å². The van der Waals surface area contributed by atoms with Gasteiger partial charge in [-0.2, -0.15) is 0 Å². The molecule has 2 aromatic carbocycles. The van der Waals surface area contributed by atoms with Crippen molar-refractivity contribution in [3.8, 4) is 0 Å². The topological polar surface area (TPSA) is 98.7 Å². The summed E-state index contributed by atoms with van der Waals surface area (Å²) in [6.07, 6.45) is 2.35. The molecular weight excluding hydrogens is 578 g/mol. The molecule has 3 amide bonds. The van der Waals surface area contributed by atoms with E-state index in [1.165, 1.54) is 0 Å². The molecule has 3 aliphatic rings. The van der Waals surface area contributed by atoms with Crippen LogP contribution in [0.4, 0.5) is 0 Å². The number of hydrogen-bond donors (Lipinski definition) is 3. The Morgan fingerprint density at radius 1 is 1.13 bits per heavy atom. The second-order valence-corrected chi connectivity index (χ2v) is 13.6. The molecule has 2 aromatic rings. The molecule has 3 aliphatic heterocycles. The van der Waals surface area contributed by atoms with Crippen molar-refractivity contribution in [2.24, 2.45) is 11.8 Å². The van der Waals surface area contributed by atoms with Gasteiger partial charge >= 0.3 is 0 Å². The van der Waals surface area contributed by atoms with E-state index in [0.29, 0.717) is 13.0 Å². The summed E-state index contributed by atoms with van der Waals surface area (Å²) in [6.45, 7) is 4.11. The van der Waals surface area contributed by atoms with E-state index >= 15 is 0 Å². The highest BCUT2D eigenvalue weighted by Crippen LogP contribution is 2.68. The van der Waals surface area contributed by atoms with Gasteiger partial charge in [0, 0.05) is 22.7 Å². The average molecular weight is 615 g/mol. The monoisotopic (exact) mass is 613 g/mol. The summed E-state index contributed by atoms with van der Waals surface area (Å²) in [5.41, 5.74) is 1.75. The first-order valence-electron chi connectivity index (χ1n) is 13.7. The van der Waals surface area contributed by atoms with Crippen LogP contribution in [-0.2, 0) is 20.9 Å². The highest BCUT2D eigenvalue weighted by Gasteiger charge is 2.76. The fourth-order valence-corrected chi connectivity index (χ4v) is 10.4. The Hall–Kier alpha value is -2.36. The van der Waals surface area contributed by atoms with Crippen LogP contribution in [0.25, 0.3) is 0 Å². The molecule has 0 aromatic heterocycles. The van der Waals surface area contributed by atoms with Crippen molar-refractivity contribution < 1.29 is 19.5 Å². The molecule has 0 aliphatic carbocycles. The van der Waals surface area contributed by atoms with Crippen molar-refractivity contribution in [2.75, 3.05) is 6.61 Å². The van der Waals surface area contributed by atoms with E-state index in [2.05, 4.69) is 33.5 Å². The first-order chi connectivity index (χ1) is 18.8. The van der Waals surface area contributed by atoms with Crippen LogP contribution in [0.15, 0.2) is 60.7 Å². The van der Waals surface area contributed by atoms with Crippen LogP contribution in [0.5, 0.6) is 0 Å². The molecule has 0 radical (unpaired) electrons. The largest absolute Gasteiger partial charge is 0.394 e. The first kappa shape index (κ1) is 28.2. The van der Waals surface area contributed by atoms with E-state index in [1.54, 1.807) is 16.7 Å². The summed E-state index contributed by atoms with van der Waals surface area (Å²) in [7, 11) is 0. The Kier molecular flexibility index (Phi) is 8.40. The van der Waals surface area contributed by atoms with Crippen LogP contribution in [0.2, 0.25) is 0 Å². The maximum absolute atomic E-state index is 14.4. The van der Waals surface area contributed by atoms with Gasteiger partial charge in [0.1, 0.15) is 6.04 Å². The predicted octanol–water partition coefficient (Wildman–Crippen LogP) is 3.81. The zero-order valence-corrected chi connectivity index (χ0v) is 24.7. The van der Waals surface area contributed by atoms with E-state index < -0.39 is 28.7 Å². The van der Waals surface area contributed by atoms with Gasteiger partial charge in [0.25, 0.3) is 0 Å². The number of thioether (sulfide) groups is 1. The molecule has 4 unspecified atom stereocenters. The van der Waals surface area contributed by atoms with E-state index in [1.807, 2.05) is 67.6 Å². The minimum absolute atomic E-state index is 0.00774. The number of halogens is 1. The number of amides is 3. The quantitative estimate of drug-likeness (QED) is 0.354. The fraction of sp³-hybridized carbons (Fsp3) is 0.500. The summed E-state index contributed by atoms with van der Waals surface area (Å²) < 4.78 is -0.761. The molecule has 8 atom stereocenters.